The highest BCUT2D eigenvalue weighted by Gasteiger charge is 2.50. The summed E-state index contributed by atoms with van der Waals surface area (Å²) in [4.78, 5) is 29.7. The Labute approximate surface area is 180 Å². The molecule has 0 aromatic heterocycles. The number of aryl methyl sites for hydroxylation is 2. The van der Waals surface area contributed by atoms with Gasteiger partial charge in [-0.1, -0.05) is 67.4 Å². The highest BCUT2D eigenvalue weighted by molar-refractivity contribution is 5.93. The van der Waals surface area contributed by atoms with Gasteiger partial charge >= 0.3 is 0 Å². The molecule has 0 N–H and O–H groups in total. The van der Waals surface area contributed by atoms with Gasteiger partial charge in [-0.25, -0.2) is 0 Å². The average Bonchev–Trinajstić information content (AvgIpc) is 2.65. The molecule has 1 aliphatic heterocycles. The van der Waals surface area contributed by atoms with Crippen molar-refractivity contribution in [3.05, 3.63) is 70.3 Å². The summed E-state index contributed by atoms with van der Waals surface area (Å²) in [6, 6.07) is 14.6. The van der Waals surface area contributed by atoms with Crippen LogP contribution in [0, 0.1) is 13.8 Å². The maximum absolute atomic E-state index is 13.2. The molecule has 1 heterocycles. The van der Waals surface area contributed by atoms with E-state index in [9.17, 15) is 9.59 Å². The maximum Gasteiger partial charge on any atom is 0.248 e. The lowest BCUT2D eigenvalue weighted by atomic mass is 9.84. The minimum atomic E-state index is -0.747. The van der Waals surface area contributed by atoms with Crippen LogP contribution in [0.25, 0.3) is 0 Å². The fourth-order valence-electron chi connectivity index (χ4n) is 4.39. The van der Waals surface area contributed by atoms with Crippen LogP contribution in [0.4, 0.5) is 0 Å². The highest BCUT2D eigenvalue weighted by Crippen LogP contribution is 2.33. The van der Waals surface area contributed by atoms with E-state index >= 15 is 0 Å². The zero-order valence-electron chi connectivity index (χ0n) is 19.2. The van der Waals surface area contributed by atoms with Crippen molar-refractivity contribution in [2.75, 3.05) is 13.6 Å². The van der Waals surface area contributed by atoms with Crippen molar-refractivity contribution < 1.29 is 9.59 Å². The number of carbonyl (C=O) groups excluding carboxylic acids is 2. The van der Waals surface area contributed by atoms with Gasteiger partial charge in [0.15, 0.2) is 0 Å². The molecule has 2 aromatic carbocycles. The SMILES string of the molecule is Cc1cc(C)cc(CC(=O)N2CCC2(C)C(=O)N(C)Cc2ccc(C(C)C)cc2)c1. The fraction of sp³-hybridized carbons (Fsp3) is 0.462. The zero-order valence-corrected chi connectivity index (χ0v) is 19.2. The smallest absolute Gasteiger partial charge is 0.248 e. The van der Waals surface area contributed by atoms with Crippen LogP contribution in [-0.2, 0) is 22.6 Å². The third kappa shape index (κ3) is 4.58. The van der Waals surface area contributed by atoms with Gasteiger partial charge in [-0.05, 0) is 49.8 Å². The predicted molar refractivity (Wildman–Crippen MR) is 121 cm³/mol. The molecule has 4 heteroatoms. The van der Waals surface area contributed by atoms with Crippen molar-refractivity contribution in [3.63, 3.8) is 0 Å². The Kier molecular flexibility index (Phi) is 6.35. The number of rotatable bonds is 6. The number of benzene rings is 2. The topological polar surface area (TPSA) is 40.6 Å². The van der Waals surface area contributed by atoms with Gasteiger partial charge in [0.2, 0.25) is 11.8 Å². The van der Waals surface area contributed by atoms with Crippen LogP contribution in [0.3, 0.4) is 0 Å². The van der Waals surface area contributed by atoms with Crippen LogP contribution >= 0.6 is 0 Å². The van der Waals surface area contributed by atoms with Crippen LogP contribution in [-0.4, -0.2) is 40.7 Å². The number of hydrogen-bond acceptors (Lipinski definition) is 2. The Morgan fingerprint density at radius 3 is 2.13 bits per heavy atom. The lowest BCUT2D eigenvalue weighted by Crippen LogP contribution is -2.67. The van der Waals surface area contributed by atoms with Gasteiger partial charge in [0.1, 0.15) is 5.54 Å². The van der Waals surface area contributed by atoms with Gasteiger partial charge in [0.05, 0.1) is 6.42 Å². The second kappa shape index (κ2) is 8.63. The second-order valence-electron chi connectivity index (χ2n) is 9.30. The van der Waals surface area contributed by atoms with E-state index in [0.717, 1.165) is 22.3 Å². The summed E-state index contributed by atoms with van der Waals surface area (Å²) in [5.41, 5.74) is 4.97. The van der Waals surface area contributed by atoms with E-state index in [1.807, 2.05) is 27.8 Å². The third-order valence-electron chi connectivity index (χ3n) is 6.23. The minimum Gasteiger partial charge on any atom is -0.339 e. The van der Waals surface area contributed by atoms with Gasteiger partial charge < -0.3 is 9.80 Å². The summed E-state index contributed by atoms with van der Waals surface area (Å²) in [5.74, 6) is 0.524. The van der Waals surface area contributed by atoms with E-state index in [2.05, 4.69) is 56.3 Å². The van der Waals surface area contributed by atoms with Crippen LogP contribution in [0.15, 0.2) is 42.5 Å². The summed E-state index contributed by atoms with van der Waals surface area (Å²) in [6.07, 6.45) is 1.05. The molecule has 3 rings (SSSR count). The monoisotopic (exact) mass is 406 g/mol. The molecule has 1 atom stereocenters. The molecule has 0 radical (unpaired) electrons. The fourth-order valence-corrected chi connectivity index (χ4v) is 4.39. The van der Waals surface area contributed by atoms with Gasteiger partial charge in [-0.2, -0.15) is 0 Å². The quantitative estimate of drug-likeness (QED) is 0.702. The molecule has 4 nitrogen and oxygen atoms in total. The molecule has 2 aromatic rings. The lowest BCUT2D eigenvalue weighted by Gasteiger charge is -2.50. The predicted octanol–water partition coefficient (Wildman–Crippen LogP) is 4.62. The molecular weight excluding hydrogens is 372 g/mol. The molecule has 2 amide bonds. The van der Waals surface area contributed by atoms with E-state index in [4.69, 9.17) is 0 Å². The summed E-state index contributed by atoms with van der Waals surface area (Å²) in [5, 5.41) is 0. The molecule has 1 aliphatic rings. The second-order valence-corrected chi connectivity index (χ2v) is 9.30. The van der Waals surface area contributed by atoms with Crippen LogP contribution in [0.1, 0.15) is 60.9 Å². The normalized spacial score (nSPS) is 18.3. The number of hydrogen-bond donors (Lipinski definition) is 0. The molecule has 0 spiro atoms. The third-order valence-corrected chi connectivity index (χ3v) is 6.23. The largest absolute Gasteiger partial charge is 0.339 e. The van der Waals surface area contributed by atoms with Crippen molar-refractivity contribution in [2.24, 2.45) is 0 Å². The molecule has 30 heavy (non-hydrogen) atoms. The number of nitrogens with zero attached hydrogens (tertiary/aromatic N) is 2. The number of carbonyl (C=O) groups is 2. The lowest BCUT2D eigenvalue weighted by molar-refractivity contribution is -0.163. The Morgan fingerprint density at radius 1 is 1.03 bits per heavy atom. The minimum absolute atomic E-state index is 0.00968. The summed E-state index contributed by atoms with van der Waals surface area (Å²) >= 11 is 0. The van der Waals surface area contributed by atoms with Gasteiger partial charge in [0.25, 0.3) is 0 Å². The van der Waals surface area contributed by atoms with E-state index in [0.29, 0.717) is 31.8 Å². The van der Waals surface area contributed by atoms with Crippen molar-refractivity contribution in [1.82, 2.24) is 9.80 Å². The van der Waals surface area contributed by atoms with E-state index in [1.165, 1.54) is 5.56 Å². The van der Waals surface area contributed by atoms with Gasteiger partial charge in [-0.15, -0.1) is 0 Å². The molecule has 0 saturated carbocycles. The Hall–Kier alpha value is -2.62. The first-order valence-electron chi connectivity index (χ1n) is 10.8. The van der Waals surface area contributed by atoms with Crippen LogP contribution in [0.5, 0.6) is 0 Å². The number of likely N-dealkylation sites (tertiary alicyclic amines) is 1. The van der Waals surface area contributed by atoms with Gasteiger partial charge in [-0.3, -0.25) is 9.59 Å². The van der Waals surface area contributed by atoms with Crippen molar-refractivity contribution in [1.29, 1.82) is 0 Å². The first-order chi connectivity index (χ1) is 14.1. The van der Waals surface area contributed by atoms with E-state index in [1.54, 1.807) is 9.80 Å². The zero-order chi connectivity index (χ0) is 22.1. The standard InChI is InChI=1S/C26H34N2O2/c1-18(2)23-9-7-21(8-10-23)17-27(6)25(30)26(5)11-12-28(26)24(29)16-22-14-19(3)13-20(4)15-22/h7-10,13-15,18H,11-12,16-17H2,1-6H3. The average molecular weight is 407 g/mol. The van der Waals surface area contributed by atoms with Crippen LogP contribution in [0.2, 0.25) is 0 Å². The molecule has 1 fully saturated rings. The van der Waals surface area contributed by atoms with Crippen molar-refractivity contribution in [3.8, 4) is 0 Å². The Bertz CT molecular complexity index is 912. The molecular formula is C26H34N2O2. The molecule has 0 aliphatic carbocycles. The van der Waals surface area contributed by atoms with Crippen LogP contribution < -0.4 is 0 Å². The molecule has 0 bridgehead atoms. The number of likely N-dealkylation sites (N-methyl/N-ethyl adjacent to an activating group) is 1. The molecule has 1 saturated heterocycles. The van der Waals surface area contributed by atoms with E-state index in [-0.39, 0.29) is 11.8 Å². The van der Waals surface area contributed by atoms with Crippen molar-refractivity contribution in [2.45, 2.75) is 65.5 Å². The molecule has 1 unspecified atom stereocenters. The van der Waals surface area contributed by atoms with E-state index < -0.39 is 5.54 Å². The highest BCUT2D eigenvalue weighted by atomic mass is 16.2. The van der Waals surface area contributed by atoms with Gasteiger partial charge in [0, 0.05) is 20.1 Å². The first-order valence-corrected chi connectivity index (χ1v) is 10.8. The number of amides is 2. The Morgan fingerprint density at radius 2 is 1.63 bits per heavy atom. The summed E-state index contributed by atoms with van der Waals surface area (Å²) in [6.45, 7) is 11.5. The summed E-state index contributed by atoms with van der Waals surface area (Å²) in [7, 11) is 1.83. The van der Waals surface area contributed by atoms with Crippen molar-refractivity contribution >= 4 is 11.8 Å². The Balaban J connectivity index is 1.66. The molecule has 160 valence electrons. The first kappa shape index (κ1) is 22.1. The summed E-state index contributed by atoms with van der Waals surface area (Å²) < 4.78 is 0. The maximum atomic E-state index is 13.2.